The molecule has 9 heteroatoms. The van der Waals surface area contributed by atoms with Crippen LogP contribution in [0, 0.1) is 10.1 Å². The first-order valence-corrected chi connectivity index (χ1v) is 8.18. The lowest BCUT2D eigenvalue weighted by atomic mass is 10.3. The molecule has 0 bridgehead atoms. The van der Waals surface area contributed by atoms with Gasteiger partial charge in [-0.15, -0.1) is 0 Å². The Hall–Kier alpha value is -1.64. The summed E-state index contributed by atoms with van der Waals surface area (Å²) in [5, 5.41) is 10.9. The maximum absolute atomic E-state index is 12.3. The van der Waals surface area contributed by atoms with Crippen LogP contribution in [-0.4, -0.2) is 13.3 Å². The third-order valence-electron chi connectivity index (χ3n) is 2.53. The van der Waals surface area contributed by atoms with E-state index in [1.165, 1.54) is 42.5 Å². The quantitative estimate of drug-likeness (QED) is 0.634. The number of benzene rings is 2. The van der Waals surface area contributed by atoms with Crippen LogP contribution >= 0.6 is 27.5 Å². The molecule has 2 aromatic carbocycles. The highest BCUT2D eigenvalue weighted by Crippen LogP contribution is 2.30. The maximum Gasteiger partial charge on any atom is 0.293 e. The Bertz CT molecular complexity index is 811. The highest BCUT2D eigenvalue weighted by atomic mass is 79.9. The number of hydrogen-bond acceptors (Lipinski definition) is 4. The Morgan fingerprint density at radius 1 is 1.19 bits per heavy atom. The van der Waals surface area contributed by atoms with Crippen LogP contribution in [0.1, 0.15) is 0 Å². The van der Waals surface area contributed by atoms with E-state index >= 15 is 0 Å². The molecule has 0 aliphatic carbocycles. The van der Waals surface area contributed by atoms with Crippen molar-refractivity contribution in [2.45, 2.75) is 4.90 Å². The molecule has 0 aliphatic heterocycles. The van der Waals surface area contributed by atoms with Gasteiger partial charge in [-0.25, -0.2) is 8.42 Å². The van der Waals surface area contributed by atoms with E-state index in [2.05, 4.69) is 20.7 Å². The molecule has 0 spiro atoms. The molecule has 2 rings (SSSR count). The van der Waals surface area contributed by atoms with Gasteiger partial charge in [0.1, 0.15) is 10.6 Å². The second-order valence-corrected chi connectivity index (χ2v) is 6.93. The van der Waals surface area contributed by atoms with Crippen LogP contribution < -0.4 is 4.72 Å². The molecule has 2 aromatic rings. The van der Waals surface area contributed by atoms with Crippen molar-refractivity contribution in [1.82, 2.24) is 0 Å². The number of anilines is 1. The molecule has 110 valence electrons. The molecule has 0 unspecified atom stereocenters. The lowest BCUT2D eigenvalue weighted by Gasteiger charge is -2.09. The molecule has 0 atom stereocenters. The van der Waals surface area contributed by atoms with Gasteiger partial charge in [-0.1, -0.05) is 39.7 Å². The number of nitro groups is 1. The van der Waals surface area contributed by atoms with Gasteiger partial charge in [-0.2, -0.15) is 0 Å². The van der Waals surface area contributed by atoms with Crippen LogP contribution in [-0.2, 0) is 10.0 Å². The highest BCUT2D eigenvalue weighted by molar-refractivity contribution is 9.10. The van der Waals surface area contributed by atoms with Gasteiger partial charge in [0.25, 0.3) is 15.7 Å². The summed E-state index contributed by atoms with van der Waals surface area (Å²) < 4.78 is 27.3. The number of nitrogens with zero attached hydrogens (tertiary/aromatic N) is 1. The summed E-state index contributed by atoms with van der Waals surface area (Å²) in [6.07, 6.45) is 0. The van der Waals surface area contributed by atoms with Gasteiger partial charge in [0, 0.05) is 10.5 Å². The fourth-order valence-corrected chi connectivity index (χ4v) is 3.73. The van der Waals surface area contributed by atoms with Crippen LogP contribution in [0.25, 0.3) is 0 Å². The van der Waals surface area contributed by atoms with Crippen LogP contribution in [0.5, 0.6) is 0 Å². The SMILES string of the molecule is O=[N+]([O-])c1ccccc1NS(=O)(=O)c1ccc(Br)cc1Cl. The zero-order valence-electron chi connectivity index (χ0n) is 10.3. The summed E-state index contributed by atoms with van der Waals surface area (Å²) in [4.78, 5) is 10.1. The maximum atomic E-state index is 12.3. The van der Waals surface area contributed by atoms with Crippen molar-refractivity contribution in [3.63, 3.8) is 0 Å². The highest BCUT2D eigenvalue weighted by Gasteiger charge is 2.22. The van der Waals surface area contributed by atoms with Gasteiger partial charge >= 0.3 is 0 Å². The summed E-state index contributed by atoms with van der Waals surface area (Å²) in [5.74, 6) is 0. The third kappa shape index (κ3) is 3.52. The van der Waals surface area contributed by atoms with Crippen molar-refractivity contribution in [1.29, 1.82) is 0 Å². The molecule has 0 aromatic heterocycles. The molecule has 0 radical (unpaired) electrons. The van der Waals surface area contributed by atoms with Gasteiger partial charge < -0.3 is 0 Å². The minimum atomic E-state index is -4.02. The zero-order chi connectivity index (χ0) is 15.6. The lowest BCUT2D eigenvalue weighted by Crippen LogP contribution is -2.14. The Balaban J connectivity index is 2.45. The fraction of sp³-hybridized carbons (Fsp3) is 0. The molecule has 0 saturated heterocycles. The van der Waals surface area contributed by atoms with Crippen LogP contribution in [0.15, 0.2) is 51.8 Å². The number of hydrogen-bond donors (Lipinski definition) is 1. The molecule has 0 amide bonds. The second kappa shape index (κ2) is 6.00. The van der Waals surface area contributed by atoms with Crippen molar-refractivity contribution in [3.8, 4) is 0 Å². The van der Waals surface area contributed by atoms with E-state index in [4.69, 9.17) is 11.6 Å². The number of rotatable bonds is 4. The Morgan fingerprint density at radius 3 is 2.48 bits per heavy atom. The largest absolute Gasteiger partial charge is 0.293 e. The number of sulfonamides is 1. The second-order valence-electron chi connectivity index (χ2n) is 3.95. The average Bonchev–Trinajstić information content (AvgIpc) is 2.37. The summed E-state index contributed by atoms with van der Waals surface area (Å²) in [6.45, 7) is 0. The van der Waals surface area contributed by atoms with Crippen molar-refractivity contribution in [3.05, 3.63) is 62.1 Å². The van der Waals surface area contributed by atoms with Crippen molar-refractivity contribution >= 4 is 48.9 Å². The van der Waals surface area contributed by atoms with E-state index in [-0.39, 0.29) is 21.3 Å². The van der Waals surface area contributed by atoms with Crippen LogP contribution in [0.2, 0.25) is 5.02 Å². The summed E-state index contributed by atoms with van der Waals surface area (Å²) in [7, 11) is -4.02. The lowest BCUT2D eigenvalue weighted by molar-refractivity contribution is -0.383. The molecule has 0 fully saturated rings. The van der Waals surface area contributed by atoms with E-state index in [0.717, 1.165) is 0 Å². The number of halogens is 2. The van der Waals surface area contributed by atoms with E-state index in [9.17, 15) is 18.5 Å². The predicted molar refractivity (Wildman–Crippen MR) is 83.1 cm³/mol. The fourth-order valence-electron chi connectivity index (χ4n) is 1.61. The Kier molecular flexibility index (Phi) is 4.50. The minimum Gasteiger partial charge on any atom is -0.273 e. The third-order valence-corrected chi connectivity index (χ3v) is 4.87. The van der Waals surface area contributed by atoms with Gasteiger partial charge in [0.2, 0.25) is 0 Å². The predicted octanol–water partition coefficient (Wildman–Crippen LogP) is 3.81. The van der Waals surface area contributed by atoms with E-state index < -0.39 is 14.9 Å². The number of nitro benzene ring substituents is 1. The monoisotopic (exact) mass is 390 g/mol. The van der Waals surface area contributed by atoms with Gasteiger partial charge in [0.15, 0.2) is 0 Å². The van der Waals surface area contributed by atoms with Gasteiger partial charge in [0.05, 0.1) is 9.95 Å². The number of nitrogens with one attached hydrogen (secondary N) is 1. The summed E-state index contributed by atoms with van der Waals surface area (Å²) >= 11 is 9.07. The zero-order valence-corrected chi connectivity index (χ0v) is 13.4. The van der Waals surface area contributed by atoms with Gasteiger partial charge in [-0.3, -0.25) is 14.8 Å². The Labute approximate surface area is 134 Å². The smallest absolute Gasteiger partial charge is 0.273 e. The minimum absolute atomic E-state index is 0.00968. The van der Waals surface area contributed by atoms with Crippen molar-refractivity contribution in [2.24, 2.45) is 0 Å². The normalized spacial score (nSPS) is 11.1. The topological polar surface area (TPSA) is 89.3 Å². The van der Waals surface area contributed by atoms with Crippen molar-refractivity contribution < 1.29 is 13.3 Å². The summed E-state index contributed by atoms with van der Waals surface area (Å²) in [6, 6.07) is 9.71. The first-order valence-electron chi connectivity index (χ1n) is 5.52. The molecule has 6 nitrogen and oxygen atoms in total. The average molecular weight is 392 g/mol. The molecule has 0 aliphatic rings. The van der Waals surface area contributed by atoms with E-state index in [1.807, 2.05) is 0 Å². The molecule has 0 saturated carbocycles. The molecular weight excluding hydrogens is 384 g/mol. The number of para-hydroxylation sites is 2. The van der Waals surface area contributed by atoms with Crippen molar-refractivity contribution in [2.75, 3.05) is 4.72 Å². The standard InChI is InChI=1S/C12H8BrClN2O4S/c13-8-5-6-12(9(14)7-8)21(19,20)15-10-3-1-2-4-11(10)16(17)18/h1-7,15H. The molecule has 0 heterocycles. The Morgan fingerprint density at radius 2 is 1.86 bits per heavy atom. The van der Waals surface area contributed by atoms with Gasteiger partial charge in [-0.05, 0) is 24.3 Å². The van der Waals surface area contributed by atoms with E-state index in [0.29, 0.717) is 4.47 Å². The van der Waals surface area contributed by atoms with E-state index in [1.54, 1.807) is 0 Å². The van der Waals surface area contributed by atoms with Crippen LogP contribution in [0.3, 0.4) is 0 Å². The first kappa shape index (κ1) is 15.7. The van der Waals surface area contributed by atoms with Crippen LogP contribution in [0.4, 0.5) is 11.4 Å². The molecular formula is C12H8BrClN2O4S. The first-order chi connectivity index (χ1) is 9.81. The molecule has 21 heavy (non-hydrogen) atoms. The summed E-state index contributed by atoms with van der Waals surface area (Å²) in [5.41, 5.74) is -0.462. The molecule has 1 N–H and O–H groups in total.